The molecule has 0 radical (unpaired) electrons. The van der Waals surface area contributed by atoms with Gasteiger partial charge in [0, 0.05) is 61.7 Å². The average molecular weight is 913 g/mol. The van der Waals surface area contributed by atoms with Crippen molar-refractivity contribution in [2.45, 2.75) is 72.0 Å². The number of methoxy groups -OCH3 is 1. The molecule has 0 bridgehead atoms. The van der Waals surface area contributed by atoms with Gasteiger partial charge in [0.05, 0.1) is 47.4 Å². The Balaban J connectivity index is 1.19. The van der Waals surface area contributed by atoms with Gasteiger partial charge in [-0.15, -0.1) is 13.2 Å². The number of aromatic amines is 1. The Morgan fingerprint density at radius 1 is 1.03 bits per heavy atom. The number of halogens is 4. The van der Waals surface area contributed by atoms with Gasteiger partial charge in [-0.05, 0) is 54.9 Å². The molecule has 2 aliphatic heterocycles. The van der Waals surface area contributed by atoms with E-state index < -0.39 is 48.2 Å². The maximum absolute atomic E-state index is 14.2. The number of nitrogens with one attached hydrogen (secondary N) is 5. The topological polar surface area (TPSA) is 209 Å². The van der Waals surface area contributed by atoms with Gasteiger partial charge in [-0.1, -0.05) is 63.6 Å². The summed E-state index contributed by atoms with van der Waals surface area (Å²) in [6.07, 6.45) is -2.82. The summed E-state index contributed by atoms with van der Waals surface area (Å²) in [7, 11) is 1.23. The highest BCUT2D eigenvalue weighted by molar-refractivity contribution is 6.34. The maximum Gasteiger partial charge on any atom is 0.573 e. The Hall–Kier alpha value is -5.92. The molecule has 0 spiro atoms. The molecule has 344 valence electrons. The van der Waals surface area contributed by atoms with Crippen LogP contribution >= 0.6 is 11.6 Å². The number of pyridine rings is 1. The quantitative estimate of drug-likeness (QED) is 0.0705. The highest BCUT2D eigenvalue weighted by Gasteiger charge is 2.42. The number of H-pyrrole nitrogens is 1. The predicted octanol–water partition coefficient (Wildman–Crippen LogP) is 7.07. The molecule has 4 amide bonds. The maximum atomic E-state index is 14.2. The largest absolute Gasteiger partial charge is 0.573 e. The Morgan fingerprint density at radius 3 is 2.36 bits per heavy atom. The van der Waals surface area contributed by atoms with Crippen LogP contribution in [0.2, 0.25) is 5.02 Å². The third-order valence-corrected chi connectivity index (χ3v) is 11.3. The summed E-state index contributed by atoms with van der Waals surface area (Å²) in [6, 6.07) is 10.2. The van der Waals surface area contributed by atoms with Gasteiger partial charge in [0.15, 0.2) is 0 Å². The van der Waals surface area contributed by atoms with Crippen LogP contribution in [0.5, 0.6) is 5.75 Å². The first-order valence-electron chi connectivity index (χ1n) is 20.8. The number of carbonyl (C=O) groups is 4. The molecule has 0 aliphatic carbocycles. The average Bonchev–Trinajstić information content (AvgIpc) is 3.88. The van der Waals surface area contributed by atoms with E-state index in [2.05, 4.69) is 36.0 Å². The van der Waals surface area contributed by atoms with Crippen molar-refractivity contribution in [1.82, 2.24) is 30.5 Å². The number of carbonyl (C=O) groups excluding carboxylic acids is 4. The third kappa shape index (κ3) is 11.8. The van der Waals surface area contributed by atoms with E-state index in [1.165, 1.54) is 25.4 Å². The molecular weight excluding hydrogens is 861 g/mol. The van der Waals surface area contributed by atoms with Gasteiger partial charge >= 0.3 is 12.5 Å². The molecule has 3 atom stereocenters. The van der Waals surface area contributed by atoms with Crippen molar-refractivity contribution in [3.05, 3.63) is 76.8 Å². The lowest BCUT2D eigenvalue weighted by Gasteiger charge is -2.34. The van der Waals surface area contributed by atoms with Crippen molar-refractivity contribution in [2.24, 2.45) is 17.3 Å². The second-order valence-electron chi connectivity index (χ2n) is 16.8. The van der Waals surface area contributed by atoms with Gasteiger partial charge in [-0.25, -0.2) is 14.8 Å². The first kappa shape index (κ1) is 47.6. The molecule has 4 heterocycles. The van der Waals surface area contributed by atoms with Crippen molar-refractivity contribution in [3.8, 4) is 28.1 Å². The number of benzene rings is 2. The molecule has 64 heavy (non-hydrogen) atoms. The monoisotopic (exact) mass is 912 g/mol. The number of aromatic nitrogens is 3. The number of alkyl carbamates (subject to hydrolysis) is 1. The number of alkyl halides is 3. The van der Waals surface area contributed by atoms with Crippen molar-refractivity contribution >= 4 is 46.9 Å². The molecule has 2 aromatic carbocycles. The zero-order valence-electron chi connectivity index (χ0n) is 36.0. The van der Waals surface area contributed by atoms with Crippen LogP contribution in [0.3, 0.4) is 0 Å². The molecule has 4 aromatic rings. The smallest absolute Gasteiger partial charge is 0.453 e. The summed E-state index contributed by atoms with van der Waals surface area (Å²) in [5.41, 5.74) is 0.923. The number of imidazole rings is 1. The van der Waals surface area contributed by atoms with Gasteiger partial charge in [0.1, 0.15) is 23.4 Å². The first-order chi connectivity index (χ1) is 30.3. The fourth-order valence-electron chi connectivity index (χ4n) is 7.63. The van der Waals surface area contributed by atoms with Crippen LogP contribution in [0.15, 0.2) is 54.7 Å². The Bertz CT molecular complexity index is 2300. The van der Waals surface area contributed by atoms with E-state index in [0.29, 0.717) is 80.7 Å². The lowest BCUT2D eigenvalue weighted by molar-refractivity contribution is -0.274. The van der Waals surface area contributed by atoms with Crippen LogP contribution < -0.4 is 26.0 Å². The molecule has 6 rings (SSSR count). The number of aliphatic hydroxyl groups excluding tert-OH is 1. The van der Waals surface area contributed by atoms with Crippen molar-refractivity contribution in [1.29, 1.82) is 0 Å². The number of ether oxygens (including phenoxy) is 3. The standard InChI is InChI=1S/C44H52ClF3N8O8/c1-24-18-33(56(22-24)40(59)37(55-42(61)62-5)27-12-16-63-17-13-27)38-52-32(23-57)36(54-38)26-8-6-25(7-9-26)29-19-30(45)31(20-34(29)64-44(46,47)48)53-39(58)28-10-11-35(51-21-28)49-14-15-50-41(60)43(2,3)4/h6-11,19-21,24,27,33,37,57H,12-18,22-23H2,1-5H3,(H,49,51)(H,50,60)(H,52,54)(H,53,58)(H,55,61)/t24-,33-,37-/m0/s1. The van der Waals surface area contributed by atoms with Crippen LogP contribution in [0.4, 0.5) is 29.5 Å². The number of anilines is 2. The molecule has 0 saturated carbocycles. The Kier molecular flexibility index (Phi) is 15.1. The second kappa shape index (κ2) is 20.3. The van der Waals surface area contributed by atoms with E-state index >= 15 is 0 Å². The van der Waals surface area contributed by atoms with Gasteiger partial charge in [0.2, 0.25) is 11.8 Å². The molecule has 2 saturated heterocycles. The SMILES string of the molecule is COC(=O)N[C@H](C(=O)N1C[C@@H](C)C[C@H]1c1nc(-c2ccc(-c3cc(Cl)c(NC(=O)c4ccc(NCCNC(=O)C(C)(C)C)nc4)cc3OC(F)(F)F)cc2)c(CO)[nH]1)C1CCOCC1. The van der Waals surface area contributed by atoms with Crippen molar-refractivity contribution in [3.63, 3.8) is 0 Å². The third-order valence-electron chi connectivity index (χ3n) is 11.0. The molecule has 2 fully saturated rings. The van der Waals surface area contributed by atoms with Gasteiger partial charge in [-0.3, -0.25) is 14.4 Å². The number of amides is 4. The summed E-state index contributed by atoms with van der Waals surface area (Å²) in [5, 5.41) is 21.4. The van der Waals surface area contributed by atoms with Gasteiger partial charge < -0.3 is 50.5 Å². The number of nitrogens with zero attached hydrogens (tertiary/aromatic N) is 3. The molecule has 0 unspecified atom stereocenters. The minimum Gasteiger partial charge on any atom is -0.453 e. The minimum atomic E-state index is -5.10. The van der Waals surface area contributed by atoms with Crippen molar-refractivity contribution < 1.29 is 51.7 Å². The number of likely N-dealkylation sites (tertiary alicyclic amines) is 1. The number of hydrogen-bond donors (Lipinski definition) is 6. The normalized spacial score (nSPS) is 17.4. The van der Waals surface area contributed by atoms with Gasteiger partial charge in [-0.2, -0.15) is 0 Å². The summed E-state index contributed by atoms with van der Waals surface area (Å²) in [4.78, 5) is 65.7. The first-order valence-corrected chi connectivity index (χ1v) is 21.1. The van der Waals surface area contributed by atoms with E-state index in [4.69, 9.17) is 26.1 Å². The van der Waals surface area contributed by atoms with Crippen LogP contribution in [0.25, 0.3) is 22.4 Å². The number of rotatable bonds is 14. The van der Waals surface area contributed by atoms with E-state index in [-0.39, 0.29) is 51.1 Å². The fraction of sp³-hybridized carbons (Fsp3) is 0.455. The minimum absolute atomic E-state index is 0.0264. The Morgan fingerprint density at radius 2 is 1.73 bits per heavy atom. The Labute approximate surface area is 373 Å². The number of hydrogen-bond acceptors (Lipinski definition) is 11. The van der Waals surface area contributed by atoms with E-state index in [9.17, 15) is 37.5 Å². The lowest BCUT2D eigenvalue weighted by Crippen LogP contribution is -2.53. The summed E-state index contributed by atoms with van der Waals surface area (Å²) in [5.74, 6) is -0.924. The zero-order chi connectivity index (χ0) is 46.3. The fourth-order valence-corrected chi connectivity index (χ4v) is 7.85. The van der Waals surface area contributed by atoms with Crippen LogP contribution in [0, 0.1) is 17.3 Å². The zero-order valence-corrected chi connectivity index (χ0v) is 36.8. The molecule has 2 aromatic heterocycles. The number of aliphatic hydroxyl groups is 1. The predicted molar refractivity (Wildman–Crippen MR) is 231 cm³/mol. The van der Waals surface area contributed by atoms with Crippen LogP contribution in [-0.2, 0) is 25.7 Å². The highest BCUT2D eigenvalue weighted by Crippen LogP contribution is 2.42. The highest BCUT2D eigenvalue weighted by atomic mass is 35.5. The van der Waals surface area contributed by atoms with Crippen molar-refractivity contribution in [2.75, 3.05) is 50.6 Å². The summed E-state index contributed by atoms with van der Waals surface area (Å²) < 4.78 is 56.1. The molecule has 16 nitrogen and oxygen atoms in total. The molecule has 20 heteroatoms. The summed E-state index contributed by atoms with van der Waals surface area (Å²) >= 11 is 6.56. The molecule has 2 aliphatic rings. The molecule has 6 N–H and O–H groups in total. The van der Waals surface area contributed by atoms with E-state index in [1.54, 1.807) is 56.0 Å². The van der Waals surface area contributed by atoms with Crippen LogP contribution in [0.1, 0.15) is 74.9 Å². The molecular formula is C44H52ClF3N8O8. The van der Waals surface area contributed by atoms with Gasteiger partial charge in [0.25, 0.3) is 5.91 Å². The summed E-state index contributed by atoms with van der Waals surface area (Å²) in [6.45, 7) is 9.03. The second-order valence-corrected chi connectivity index (χ2v) is 17.2. The van der Waals surface area contributed by atoms with E-state index in [1.807, 2.05) is 6.92 Å². The lowest BCUT2D eigenvalue weighted by atomic mass is 9.90. The van der Waals surface area contributed by atoms with Crippen LogP contribution in [-0.4, -0.2) is 101 Å². The van der Waals surface area contributed by atoms with E-state index in [0.717, 1.165) is 6.07 Å².